The van der Waals surface area contributed by atoms with Gasteiger partial charge in [-0.05, 0) is 37.6 Å². The molecule has 0 fully saturated rings. The highest BCUT2D eigenvalue weighted by atomic mass is 32.2. The second kappa shape index (κ2) is 7.59. The van der Waals surface area contributed by atoms with Crippen molar-refractivity contribution in [2.45, 2.75) is 24.8 Å². The average molecular weight is 286 g/mol. The predicted octanol–water partition coefficient (Wildman–Crippen LogP) is 1.03. The van der Waals surface area contributed by atoms with Crippen LogP contribution in [0.5, 0.6) is 0 Å². The van der Waals surface area contributed by atoms with Gasteiger partial charge in [0.15, 0.2) is 0 Å². The zero-order valence-corrected chi connectivity index (χ0v) is 12.5. The molecule has 0 saturated carbocycles. The molecule has 0 radical (unpaired) electrons. The molecular weight excluding hydrogens is 264 g/mol. The molecule has 0 amide bonds. The summed E-state index contributed by atoms with van der Waals surface area (Å²) in [5.74, 6) is 0. The minimum absolute atomic E-state index is 0.345. The molecule has 1 aromatic carbocycles. The van der Waals surface area contributed by atoms with Gasteiger partial charge in [0.2, 0.25) is 10.0 Å². The van der Waals surface area contributed by atoms with Crippen molar-refractivity contribution in [2.75, 3.05) is 27.3 Å². The fourth-order valence-electron chi connectivity index (χ4n) is 1.83. The standard InChI is InChI=1S/C13H22N2O3S/c1-11-12(10-14-2)6-4-7-13(11)19(16,17)15-8-5-9-18-3/h4,6-7,14-15H,5,8-10H2,1-3H3. The third-order valence-corrected chi connectivity index (χ3v) is 4.48. The number of rotatable bonds is 8. The molecule has 19 heavy (non-hydrogen) atoms. The third-order valence-electron chi connectivity index (χ3n) is 2.87. The molecule has 0 saturated heterocycles. The van der Waals surface area contributed by atoms with Crippen LogP contribution in [0.2, 0.25) is 0 Å². The molecular formula is C13H22N2O3S. The third kappa shape index (κ3) is 4.58. The van der Waals surface area contributed by atoms with Gasteiger partial charge in [-0.25, -0.2) is 13.1 Å². The van der Waals surface area contributed by atoms with Gasteiger partial charge in [-0.3, -0.25) is 0 Å². The maximum atomic E-state index is 12.2. The Bertz CT molecular complexity index is 501. The summed E-state index contributed by atoms with van der Waals surface area (Å²) in [6.07, 6.45) is 0.658. The molecule has 0 spiro atoms. The number of hydrogen-bond acceptors (Lipinski definition) is 4. The van der Waals surface area contributed by atoms with E-state index in [-0.39, 0.29) is 0 Å². The SMILES string of the molecule is CNCc1cccc(S(=O)(=O)NCCCOC)c1C. The van der Waals surface area contributed by atoms with Gasteiger partial charge in [0.05, 0.1) is 4.90 Å². The summed E-state index contributed by atoms with van der Waals surface area (Å²) in [6, 6.07) is 5.33. The Morgan fingerprint density at radius 1 is 1.32 bits per heavy atom. The van der Waals surface area contributed by atoms with Gasteiger partial charge in [-0.15, -0.1) is 0 Å². The number of hydrogen-bond donors (Lipinski definition) is 2. The fourth-order valence-corrected chi connectivity index (χ4v) is 3.19. The van der Waals surface area contributed by atoms with Crippen LogP contribution in [-0.2, 0) is 21.3 Å². The maximum absolute atomic E-state index is 12.2. The lowest BCUT2D eigenvalue weighted by Gasteiger charge is -2.12. The first-order chi connectivity index (χ1) is 9.03. The Morgan fingerprint density at radius 3 is 2.68 bits per heavy atom. The molecule has 5 nitrogen and oxygen atoms in total. The molecule has 0 unspecified atom stereocenters. The van der Waals surface area contributed by atoms with E-state index in [1.165, 1.54) is 0 Å². The summed E-state index contributed by atoms with van der Waals surface area (Å²) in [7, 11) is -0.0116. The predicted molar refractivity (Wildman–Crippen MR) is 75.6 cm³/mol. The van der Waals surface area contributed by atoms with Crippen LogP contribution < -0.4 is 10.0 Å². The van der Waals surface area contributed by atoms with E-state index in [0.717, 1.165) is 11.1 Å². The minimum Gasteiger partial charge on any atom is -0.385 e. The normalized spacial score (nSPS) is 11.7. The lowest BCUT2D eigenvalue weighted by atomic mass is 10.1. The second-order valence-electron chi connectivity index (χ2n) is 4.31. The summed E-state index contributed by atoms with van der Waals surface area (Å²) in [5.41, 5.74) is 1.78. The van der Waals surface area contributed by atoms with Gasteiger partial charge in [0.1, 0.15) is 0 Å². The first-order valence-electron chi connectivity index (χ1n) is 6.24. The summed E-state index contributed by atoms with van der Waals surface area (Å²) in [4.78, 5) is 0.345. The van der Waals surface area contributed by atoms with Crippen LogP contribution in [0.25, 0.3) is 0 Å². The van der Waals surface area contributed by atoms with Crippen molar-refractivity contribution in [1.82, 2.24) is 10.0 Å². The zero-order valence-electron chi connectivity index (χ0n) is 11.7. The largest absolute Gasteiger partial charge is 0.385 e. The van der Waals surface area contributed by atoms with E-state index in [1.54, 1.807) is 19.2 Å². The molecule has 0 aliphatic rings. The molecule has 0 aromatic heterocycles. The van der Waals surface area contributed by atoms with Crippen LogP contribution in [0.4, 0.5) is 0 Å². The number of sulfonamides is 1. The molecule has 1 aromatic rings. The number of ether oxygens (including phenoxy) is 1. The first kappa shape index (κ1) is 16.1. The fraction of sp³-hybridized carbons (Fsp3) is 0.538. The topological polar surface area (TPSA) is 67.4 Å². The van der Waals surface area contributed by atoms with E-state index < -0.39 is 10.0 Å². The van der Waals surface area contributed by atoms with E-state index in [0.29, 0.717) is 31.0 Å². The molecule has 1 rings (SSSR count). The van der Waals surface area contributed by atoms with Crippen molar-refractivity contribution < 1.29 is 13.2 Å². The Kier molecular flexibility index (Phi) is 6.44. The molecule has 0 atom stereocenters. The highest BCUT2D eigenvalue weighted by Gasteiger charge is 2.17. The quantitative estimate of drug-likeness (QED) is 0.700. The van der Waals surface area contributed by atoms with Gasteiger partial charge in [-0.2, -0.15) is 0 Å². The van der Waals surface area contributed by atoms with Crippen LogP contribution in [0.3, 0.4) is 0 Å². The lowest BCUT2D eigenvalue weighted by molar-refractivity contribution is 0.196. The first-order valence-corrected chi connectivity index (χ1v) is 7.73. The Hall–Kier alpha value is -0.950. The summed E-state index contributed by atoms with van der Waals surface area (Å²) < 4.78 is 31.9. The molecule has 6 heteroatoms. The van der Waals surface area contributed by atoms with Crippen molar-refractivity contribution in [3.8, 4) is 0 Å². The summed E-state index contributed by atoms with van der Waals surface area (Å²) in [5, 5.41) is 3.03. The van der Waals surface area contributed by atoms with E-state index in [2.05, 4.69) is 10.0 Å². The number of methoxy groups -OCH3 is 1. The van der Waals surface area contributed by atoms with E-state index >= 15 is 0 Å². The lowest BCUT2D eigenvalue weighted by Crippen LogP contribution is -2.26. The van der Waals surface area contributed by atoms with E-state index in [9.17, 15) is 8.42 Å². The van der Waals surface area contributed by atoms with Crippen LogP contribution in [0, 0.1) is 6.92 Å². The molecule has 2 N–H and O–H groups in total. The molecule has 0 aliphatic heterocycles. The number of benzene rings is 1. The maximum Gasteiger partial charge on any atom is 0.240 e. The van der Waals surface area contributed by atoms with Crippen LogP contribution in [0.1, 0.15) is 17.5 Å². The minimum atomic E-state index is -3.45. The van der Waals surface area contributed by atoms with Crippen molar-refractivity contribution in [1.29, 1.82) is 0 Å². The summed E-state index contributed by atoms with van der Waals surface area (Å²) in [6.45, 7) is 3.41. The molecule has 108 valence electrons. The van der Waals surface area contributed by atoms with Crippen LogP contribution in [-0.4, -0.2) is 35.7 Å². The van der Waals surface area contributed by atoms with Crippen molar-refractivity contribution in [3.63, 3.8) is 0 Å². The van der Waals surface area contributed by atoms with Crippen molar-refractivity contribution in [2.24, 2.45) is 0 Å². The van der Waals surface area contributed by atoms with Crippen LogP contribution in [0.15, 0.2) is 23.1 Å². The smallest absolute Gasteiger partial charge is 0.240 e. The van der Waals surface area contributed by atoms with Crippen molar-refractivity contribution >= 4 is 10.0 Å². The zero-order chi connectivity index (χ0) is 14.3. The van der Waals surface area contributed by atoms with Gasteiger partial charge >= 0.3 is 0 Å². The molecule has 0 bridgehead atoms. The monoisotopic (exact) mass is 286 g/mol. The van der Waals surface area contributed by atoms with Gasteiger partial charge in [0.25, 0.3) is 0 Å². The highest BCUT2D eigenvalue weighted by Crippen LogP contribution is 2.18. The summed E-state index contributed by atoms with van der Waals surface area (Å²) >= 11 is 0. The van der Waals surface area contributed by atoms with Gasteiger partial charge in [0, 0.05) is 26.8 Å². The highest BCUT2D eigenvalue weighted by molar-refractivity contribution is 7.89. The Labute approximate surface area is 115 Å². The number of nitrogens with one attached hydrogen (secondary N) is 2. The molecule has 0 aliphatic carbocycles. The Morgan fingerprint density at radius 2 is 2.05 bits per heavy atom. The van der Waals surface area contributed by atoms with E-state index in [1.807, 2.05) is 20.0 Å². The van der Waals surface area contributed by atoms with E-state index in [4.69, 9.17) is 4.74 Å². The van der Waals surface area contributed by atoms with Gasteiger partial charge in [-0.1, -0.05) is 12.1 Å². The average Bonchev–Trinajstić information content (AvgIpc) is 2.37. The Balaban J connectivity index is 2.86. The molecule has 0 heterocycles. The van der Waals surface area contributed by atoms with Crippen LogP contribution >= 0.6 is 0 Å². The second-order valence-corrected chi connectivity index (χ2v) is 6.05. The van der Waals surface area contributed by atoms with Crippen molar-refractivity contribution in [3.05, 3.63) is 29.3 Å². The van der Waals surface area contributed by atoms with Gasteiger partial charge < -0.3 is 10.1 Å².